The molecule has 1 aromatic carbocycles. The highest BCUT2D eigenvalue weighted by Crippen LogP contribution is 2.24. The summed E-state index contributed by atoms with van der Waals surface area (Å²) >= 11 is 5.70. The Bertz CT molecular complexity index is 575. The average Bonchev–Trinajstić information content (AvgIpc) is 2.33. The van der Waals surface area contributed by atoms with Crippen molar-refractivity contribution in [3.8, 4) is 11.6 Å². The molecule has 0 atom stereocenters. The van der Waals surface area contributed by atoms with Crippen LogP contribution in [0.2, 0.25) is 0 Å². The normalized spacial score (nSPS) is 10.4. The first-order chi connectivity index (χ1) is 8.60. The molecule has 0 fully saturated rings. The minimum absolute atomic E-state index is 0.0677. The molecule has 5 heteroatoms. The van der Waals surface area contributed by atoms with E-state index >= 15 is 0 Å². The Kier molecular flexibility index (Phi) is 3.77. The SMILES string of the molecule is Cc1nc(Oc2ccc(F)cc2F)ccc1CCl. The fourth-order valence-corrected chi connectivity index (χ4v) is 1.72. The summed E-state index contributed by atoms with van der Waals surface area (Å²) in [5.41, 5.74) is 1.59. The molecule has 2 aromatic rings. The van der Waals surface area contributed by atoms with Crippen molar-refractivity contribution >= 4 is 11.6 Å². The number of benzene rings is 1. The molecular weight excluding hydrogens is 260 g/mol. The van der Waals surface area contributed by atoms with Crippen LogP contribution in [0, 0.1) is 18.6 Å². The molecule has 0 aliphatic rings. The molecule has 0 unspecified atom stereocenters. The Labute approximate surface area is 108 Å². The quantitative estimate of drug-likeness (QED) is 0.779. The molecule has 0 saturated carbocycles. The lowest BCUT2D eigenvalue weighted by molar-refractivity contribution is 0.422. The molecule has 0 saturated heterocycles. The molecule has 0 N–H and O–H groups in total. The number of alkyl halides is 1. The van der Waals surface area contributed by atoms with Crippen LogP contribution in [0.5, 0.6) is 11.6 Å². The molecule has 2 nitrogen and oxygen atoms in total. The summed E-state index contributed by atoms with van der Waals surface area (Å²) in [6, 6.07) is 6.45. The van der Waals surface area contributed by atoms with Crippen molar-refractivity contribution in [1.29, 1.82) is 0 Å². The predicted molar refractivity (Wildman–Crippen MR) is 65.0 cm³/mol. The van der Waals surface area contributed by atoms with Crippen molar-refractivity contribution in [2.75, 3.05) is 0 Å². The molecule has 0 bridgehead atoms. The summed E-state index contributed by atoms with van der Waals surface area (Å²) in [7, 11) is 0. The van der Waals surface area contributed by atoms with Gasteiger partial charge >= 0.3 is 0 Å². The predicted octanol–water partition coefficient (Wildman–Crippen LogP) is 4.20. The van der Waals surface area contributed by atoms with Gasteiger partial charge in [-0.2, -0.15) is 0 Å². The number of ether oxygens (including phenoxy) is 1. The lowest BCUT2D eigenvalue weighted by Gasteiger charge is -2.08. The van der Waals surface area contributed by atoms with E-state index < -0.39 is 11.6 Å². The van der Waals surface area contributed by atoms with Crippen molar-refractivity contribution < 1.29 is 13.5 Å². The Morgan fingerprint density at radius 3 is 2.61 bits per heavy atom. The number of pyridine rings is 1. The Balaban J connectivity index is 2.26. The van der Waals surface area contributed by atoms with E-state index in [1.54, 1.807) is 19.1 Å². The van der Waals surface area contributed by atoms with Gasteiger partial charge in [0.2, 0.25) is 5.88 Å². The van der Waals surface area contributed by atoms with E-state index in [0.29, 0.717) is 11.6 Å². The molecule has 0 aliphatic heterocycles. The van der Waals surface area contributed by atoms with Crippen LogP contribution < -0.4 is 4.74 Å². The van der Waals surface area contributed by atoms with Gasteiger partial charge in [-0.15, -0.1) is 11.6 Å². The molecule has 0 aliphatic carbocycles. The minimum Gasteiger partial charge on any atom is -0.436 e. The van der Waals surface area contributed by atoms with Crippen LogP contribution in [0.15, 0.2) is 30.3 Å². The van der Waals surface area contributed by atoms with Gasteiger partial charge in [0.25, 0.3) is 0 Å². The van der Waals surface area contributed by atoms with Crippen molar-refractivity contribution in [2.45, 2.75) is 12.8 Å². The smallest absolute Gasteiger partial charge is 0.219 e. The number of nitrogens with zero attached hydrogens (tertiary/aromatic N) is 1. The molecular formula is C13H10ClF2NO. The fourth-order valence-electron chi connectivity index (χ4n) is 1.44. The fraction of sp³-hybridized carbons (Fsp3) is 0.154. The summed E-state index contributed by atoms with van der Waals surface area (Å²) in [5.74, 6) is -0.893. The van der Waals surface area contributed by atoms with Crippen LogP contribution in [0.1, 0.15) is 11.3 Å². The molecule has 1 heterocycles. The molecule has 1 aromatic heterocycles. The average molecular weight is 270 g/mol. The summed E-state index contributed by atoms with van der Waals surface area (Å²) in [6.07, 6.45) is 0. The van der Waals surface area contributed by atoms with Crippen molar-refractivity contribution in [3.05, 3.63) is 53.2 Å². The largest absolute Gasteiger partial charge is 0.436 e. The monoisotopic (exact) mass is 269 g/mol. The van der Waals surface area contributed by atoms with Gasteiger partial charge < -0.3 is 4.74 Å². The maximum Gasteiger partial charge on any atom is 0.219 e. The Morgan fingerprint density at radius 2 is 2.00 bits per heavy atom. The van der Waals surface area contributed by atoms with Crippen molar-refractivity contribution in [2.24, 2.45) is 0 Å². The molecule has 0 spiro atoms. The van der Waals surface area contributed by atoms with Gasteiger partial charge in [-0.05, 0) is 24.6 Å². The van der Waals surface area contributed by atoms with Gasteiger partial charge in [-0.25, -0.2) is 13.8 Å². The zero-order valence-electron chi connectivity index (χ0n) is 9.58. The van der Waals surface area contributed by atoms with E-state index in [4.69, 9.17) is 16.3 Å². The standard InChI is InChI=1S/C13H10ClF2NO/c1-8-9(7-14)2-5-13(17-8)18-12-4-3-10(15)6-11(12)16/h2-6H,7H2,1H3. The van der Waals surface area contributed by atoms with Gasteiger partial charge in [0.05, 0.1) is 0 Å². The Morgan fingerprint density at radius 1 is 1.22 bits per heavy atom. The number of rotatable bonds is 3. The summed E-state index contributed by atoms with van der Waals surface area (Å²) in [6.45, 7) is 1.78. The molecule has 18 heavy (non-hydrogen) atoms. The first kappa shape index (κ1) is 12.8. The molecule has 0 radical (unpaired) electrons. The lowest BCUT2D eigenvalue weighted by atomic mass is 10.2. The summed E-state index contributed by atoms with van der Waals surface area (Å²) in [5, 5.41) is 0. The van der Waals surface area contributed by atoms with Crippen LogP contribution in [0.4, 0.5) is 8.78 Å². The molecule has 94 valence electrons. The van der Waals surface area contributed by atoms with Crippen molar-refractivity contribution in [1.82, 2.24) is 4.98 Å². The zero-order chi connectivity index (χ0) is 13.1. The first-order valence-corrected chi connectivity index (χ1v) is 5.79. The van der Waals surface area contributed by atoms with E-state index in [1.807, 2.05) is 0 Å². The third-order valence-corrected chi connectivity index (χ3v) is 2.71. The number of halogens is 3. The number of aromatic nitrogens is 1. The number of hydrogen-bond donors (Lipinski definition) is 0. The van der Waals surface area contributed by atoms with E-state index in [-0.39, 0.29) is 11.6 Å². The number of aryl methyl sites for hydroxylation is 1. The highest BCUT2D eigenvalue weighted by molar-refractivity contribution is 6.17. The Hall–Kier alpha value is -1.68. The first-order valence-electron chi connectivity index (χ1n) is 5.25. The van der Waals surface area contributed by atoms with E-state index in [2.05, 4.69) is 4.98 Å². The lowest BCUT2D eigenvalue weighted by Crippen LogP contribution is -1.95. The van der Waals surface area contributed by atoms with E-state index in [1.165, 1.54) is 6.07 Å². The number of hydrogen-bond acceptors (Lipinski definition) is 2. The van der Waals surface area contributed by atoms with Gasteiger partial charge in [0.15, 0.2) is 11.6 Å². The van der Waals surface area contributed by atoms with Crippen LogP contribution in [0.25, 0.3) is 0 Å². The van der Waals surface area contributed by atoms with Crippen LogP contribution in [0.3, 0.4) is 0 Å². The summed E-state index contributed by atoms with van der Waals surface area (Å²) < 4.78 is 31.3. The van der Waals surface area contributed by atoms with Gasteiger partial charge in [0.1, 0.15) is 5.82 Å². The highest BCUT2D eigenvalue weighted by Gasteiger charge is 2.08. The topological polar surface area (TPSA) is 22.1 Å². The maximum atomic E-state index is 13.4. The third kappa shape index (κ3) is 2.76. The maximum absolute atomic E-state index is 13.4. The molecule has 2 rings (SSSR count). The van der Waals surface area contributed by atoms with Crippen LogP contribution >= 0.6 is 11.6 Å². The van der Waals surface area contributed by atoms with Gasteiger partial charge in [-0.1, -0.05) is 6.07 Å². The van der Waals surface area contributed by atoms with E-state index in [0.717, 1.165) is 17.7 Å². The summed E-state index contributed by atoms with van der Waals surface area (Å²) in [4.78, 5) is 4.14. The van der Waals surface area contributed by atoms with Gasteiger partial charge in [-0.3, -0.25) is 0 Å². The van der Waals surface area contributed by atoms with Crippen LogP contribution in [-0.4, -0.2) is 4.98 Å². The second-order valence-corrected chi connectivity index (χ2v) is 3.97. The highest BCUT2D eigenvalue weighted by atomic mass is 35.5. The van der Waals surface area contributed by atoms with Gasteiger partial charge in [0, 0.05) is 23.7 Å². The van der Waals surface area contributed by atoms with E-state index in [9.17, 15) is 8.78 Å². The second-order valence-electron chi connectivity index (χ2n) is 3.70. The van der Waals surface area contributed by atoms with Crippen molar-refractivity contribution in [3.63, 3.8) is 0 Å². The van der Waals surface area contributed by atoms with Crippen LogP contribution in [-0.2, 0) is 5.88 Å². The minimum atomic E-state index is -0.768. The second kappa shape index (κ2) is 5.31. The third-order valence-electron chi connectivity index (χ3n) is 2.42. The zero-order valence-corrected chi connectivity index (χ0v) is 10.3. The molecule has 0 amide bonds.